The third-order valence-electron chi connectivity index (χ3n) is 7.75. The van der Waals surface area contributed by atoms with Crippen LogP contribution in [0.1, 0.15) is 33.2 Å². The SMILES string of the molecule is CN[C@@H](C)C(=O)N[C@H]1CN(C(=O)c2ccc(C(=O)O)cc2)c2ccccc2N(Cc2c(OC)ccc3cc(Br)ccc23)C1=O.Cl. The highest BCUT2D eigenvalue weighted by Gasteiger charge is 2.38. The van der Waals surface area contributed by atoms with E-state index in [2.05, 4.69) is 26.6 Å². The Morgan fingerprint density at radius 3 is 2.31 bits per heavy atom. The molecule has 12 heteroatoms. The maximum Gasteiger partial charge on any atom is 0.335 e. The molecule has 0 fully saturated rings. The number of ether oxygens (including phenoxy) is 1. The van der Waals surface area contributed by atoms with Crippen LogP contribution in [0, 0.1) is 0 Å². The molecule has 4 aromatic carbocycles. The number of likely N-dealkylation sites (N-methyl/N-ethyl adjacent to an activating group) is 1. The maximum atomic E-state index is 14.4. The van der Waals surface area contributed by atoms with Crippen LogP contribution in [0.15, 0.2) is 83.3 Å². The Hall–Kier alpha value is -4.45. The second kappa shape index (κ2) is 14.1. The van der Waals surface area contributed by atoms with Crippen LogP contribution in [0.25, 0.3) is 10.8 Å². The second-order valence-electron chi connectivity index (χ2n) is 10.4. The molecule has 2 atom stereocenters. The fourth-order valence-corrected chi connectivity index (χ4v) is 5.62. The van der Waals surface area contributed by atoms with Gasteiger partial charge in [-0.2, -0.15) is 0 Å². The molecule has 5 rings (SSSR count). The molecular weight excluding hydrogens is 664 g/mol. The number of carboxylic acid groups (broad SMARTS) is 1. The van der Waals surface area contributed by atoms with Gasteiger partial charge < -0.3 is 30.3 Å². The molecule has 3 amide bonds. The van der Waals surface area contributed by atoms with Crippen molar-refractivity contribution in [2.45, 2.75) is 25.6 Å². The number of methoxy groups -OCH3 is 1. The third-order valence-corrected chi connectivity index (χ3v) is 8.24. The number of fused-ring (bicyclic) bond motifs is 2. The number of nitrogens with one attached hydrogen (secondary N) is 2. The summed E-state index contributed by atoms with van der Waals surface area (Å²) in [4.78, 5) is 55.9. The predicted octanol–water partition coefficient (Wildman–Crippen LogP) is 5.02. The highest BCUT2D eigenvalue weighted by Crippen LogP contribution is 2.38. The van der Waals surface area contributed by atoms with Crippen LogP contribution in [0.3, 0.4) is 0 Å². The smallest absolute Gasteiger partial charge is 0.335 e. The first-order chi connectivity index (χ1) is 21.1. The summed E-state index contributed by atoms with van der Waals surface area (Å²) >= 11 is 3.52. The molecule has 1 aliphatic rings. The van der Waals surface area contributed by atoms with Gasteiger partial charge in [-0.25, -0.2) is 4.79 Å². The number of rotatable bonds is 8. The van der Waals surface area contributed by atoms with Gasteiger partial charge in [0, 0.05) is 15.6 Å². The molecule has 0 saturated carbocycles. The van der Waals surface area contributed by atoms with Crippen molar-refractivity contribution < 1.29 is 29.0 Å². The van der Waals surface area contributed by atoms with Crippen molar-refractivity contribution in [3.8, 4) is 5.75 Å². The zero-order chi connectivity index (χ0) is 31.5. The molecule has 0 bridgehead atoms. The van der Waals surface area contributed by atoms with E-state index in [-0.39, 0.29) is 36.6 Å². The van der Waals surface area contributed by atoms with E-state index in [1.807, 2.05) is 30.3 Å². The lowest BCUT2D eigenvalue weighted by atomic mass is 10.0. The van der Waals surface area contributed by atoms with E-state index in [1.54, 1.807) is 50.2 Å². The van der Waals surface area contributed by atoms with Gasteiger partial charge in [0.15, 0.2) is 0 Å². The van der Waals surface area contributed by atoms with Crippen molar-refractivity contribution >= 4 is 74.2 Å². The van der Waals surface area contributed by atoms with Gasteiger partial charge >= 0.3 is 5.97 Å². The zero-order valence-electron chi connectivity index (χ0n) is 24.7. The molecule has 0 unspecified atom stereocenters. The topological polar surface area (TPSA) is 128 Å². The first kappa shape index (κ1) is 33.4. The van der Waals surface area contributed by atoms with Crippen LogP contribution in [0.5, 0.6) is 5.75 Å². The number of hydrogen-bond acceptors (Lipinski definition) is 6. The maximum absolute atomic E-state index is 14.4. The zero-order valence-corrected chi connectivity index (χ0v) is 27.1. The summed E-state index contributed by atoms with van der Waals surface area (Å²) in [5.41, 5.74) is 1.98. The number of carbonyl (C=O) groups is 4. The van der Waals surface area contributed by atoms with Gasteiger partial charge in [-0.1, -0.05) is 40.2 Å². The highest BCUT2D eigenvalue weighted by molar-refractivity contribution is 9.10. The monoisotopic (exact) mass is 694 g/mol. The number of benzene rings is 4. The largest absolute Gasteiger partial charge is 0.496 e. The van der Waals surface area contributed by atoms with Crippen molar-refractivity contribution in [1.29, 1.82) is 0 Å². The molecule has 10 nitrogen and oxygen atoms in total. The quantitative estimate of drug-likeness (QED) is 0.236. The minimum absolute atomic E-state index is 0. The average molecular weight is 696 g/mol. The fourth-order valence-electron chi connectivity index (χ4n) is 5.25. The summed E-state index contributed by atoms with van der Waals surface area (Å²) in [5, 5.41) is 16.9. The van der Waals surface area contributed by atoms with Gasteiger partial charge in [0.05, 0.1) is 43.2 Å². The molecule has 0 saturated heterocycles. The van der Waals surface area contributed by atoms with Crippen LogP contribution < -0.4 is 25.2 Å². The molecule has 3 N–H and O–H groups in total. The van der Waals surface area contributed by atoms with Crippen LogP contribution in [-0.4, -0.2) is 61.6 Å². The Morgan fingerprint density at radius 2 is 1.67 bits per heavy atom. The summed E-state index contributed by atoms with van der Waals surface area (Å²) in [6.45, 7) is 1.63. The molecule has 4 aromatic rings. The number of halogens is 2. The molecule has 1 aliphatic heterocycles. The highest BCUT2D eigenvalue weighted by atomic mass is 79.9. The molecule has 0 aliphatic carbocycles. The number of carboxylic acids is 1. The third kappa shape index (κ3) is 6.80. The molecule has 45 heavy (non-hydrogen) atoms. The summed E-state index contributed by atoms with van der Waals surface area (Å²) in [7, 11) is 3.21. The number of hydrogen-bond donors (Lipinski definition) is 3. The first-order valence-electron chi connectivity index (χ1n) is 13.9. The van der Waals surface area contributed by atoms with Gasteiger partial charge in [0.25, 0.3) is 11.8 Å². The summed E-state index contributed by atoms with van der Waals surface area (Å²) in [6.07, 6.45) is 0. The van der Waals surface area contributed by atoms with Crippen LogP contribution >= 0.6 is 28.3 Å². The first-order valence-corrected chi connectivity index (χ1v) is 14.7. The van der Waals surface area contributed by atoms with Crippen molar-refractivity contribution in [3.63, 3.8) is 0 Å². The van der Waals surface area contributed by atoms with E-state index >= 15 is 0 Å². The minimum atomic E-state index is -1.11. The number of anilines is 2. The lowest BCUT2D eigenvalue weighted by Crippen LogP contribution is -2.55. The molecule has 0 aromatic heterocycles. The Balaban J connectivity index is 0.00000461. The standard InChI is InChI=1S/C33H31BrN4O6.ClH/c1-19(35-2)30(39)36-26-18-38(31(40)20-8-10-21(11-9-20)33(42)43)28-7-5-4-6-27(28)37(32(26)41)17-25-24-14-13-23(34)16-22(24)12-15-29(25)44-3;/h4-16,19,26,35H,17-18H2,1-3H3,(H,36,39)(H,42,43);1H/t19-,26-;/m0./s1. The van der Waals surface area contributed by atoms with Gasteiger partial charge in [-0.05, 0) is 79.3 Å². The number of carbonyl (C=O) groups excluding carboxylic acids is 3. The van der Waals surface area contributed by atoms with Crippen LogP contribution in [0.4, 0.5) is 11.4 Å². The Morgan fingerprint density at radius 1 is 1.00 bits per heavy atom. The Kier molecular flexibility index (Phi) is 10.5. The molecule has 0 spiro atoms. The normalized spacial score (nSPS) is 15.0. The van der Waals surface area contributed by atoms with Crippen molar-refractivity contribution in [1.82, 2.24) is 10.6 Å². The van der Waals surface area contributed by atoms with E-state index in [0.717, 1.165) is 20.8 Å². The van der Waals surface area contributed by atoms with E-state index in [1.165, 1.54) is 29.2 Å². The van der Waals surface area contributed by atoms with E-state index in [9.17, 15) is 24.3 Å². The van der Waals surface area contributed by atoms with Gasteiger partial charge in [0.1, 0.15) is 11.8 Å². The molecular formula is C33H32BrClN4O6. The molecule has 1 heterocycles. The van der Waals surface area contributed by atoms with E-state index in [4.69, 9.17) is 4.74 Å². The fraction of sp³-hybridized carbons (Fsp3) is 0.212. The van der Waals surface area contributed by atoms with E-state index in [0.29, 0.717) is 17.1 Å². The molecule has 234 valence electrons. The van der Waals surface area contributed by atoms with Crippen molar-refractivity contribution in [2.75, 3.05) is 30.5 Å². The molecule has 0 radical (unpaired) electrons. The summed E-state index contributed by atoms with van der Waals surface area (Å²) in [5.74, 6) is -1.77. The Labute approximate surface area is 274 Å². The van der Waals surface area contributed by atoms with Crippen LogP contribution in [0.2, 0.25) is 0 Å². The number of amides is 3. The van der Waals surface area contributed by atoms with Crippen molar-refractivity contribution in [3.05, 3.63) is 100 Å². The van der Waals surface area contributed by atoms with Crippen molar-refractivity contribution in [2.24, 2.45) is 0 Å². The number of nitrogens with zero attached hydrogens (tertiary/aromatic N) is 2. The summed E-state index contributed by atoms with van der Waals surface area (Å²) < 4.78 is 6.63. The Bertz CT molecular complexity index is 1770. The van der Waals surface area contributed by atoms with Gasteiger partial charge in [-0.3, -0.25) is 14.4 Å². The van der Waals surface area contributed by atoms with Gasteiger partial charge in [-0.15, -0.1) is 12.4 Å². The minimum Gasteiger partial charge on any atom is -0.496 e. The lowest BCUT2D eigenvalue weighted by molar-refractivity contribution is -0.128. The van der Waals surface area contributed by atoms with E-state index < -0.39 is 35.8 Å². The number of aromatic carboxylic acids is 1. The average Bonchev–Trinajstić information content (AvgIpc) is 3.14. The predicted molar refractivity (Wildman–Crippen MR) is 179 cm³/mol. The second-order valence-corrected chi connectivity index (χ2v) is 11.3. The lowest BCUT2D eigenvalue weighted by Gasteiger charge is -2.27. The number of para-hydroxylation sites is 2. The van der Waals surface area contributed by atoms with Crippen LogP contribution in [-0.2, 0) is 16.1 Å². The van der Waals surface area contributed by atoms with Gasteiger partial charge in [0.2, 0.25) is 5.91 Å². The summed E-state index contributed by atoms with van der Waals surface area (Å²) in [6, 6.07) is 20.6.